The van der Waals surface area contributed by atoms with Gasteiger partial charge < -0.3 is 15.4 Å². The van der Waals surface area contributed by atoms with E-state index < -0.39 is 0 Å². The van der Waals surface area contributed by atoms with Crippen molar-refractivity contribution in [2.24, 2.45) is 4.99 Å². The lowest BCUT2D eigenvalue weighted by atomic mass is 10.1. The minimum atomic E-state index is 0.467. The van der Waals surface area contributed by atoms with Gasteiger partial charge >= 0.3 is 0 Å². The molecule has 4 heteroatoms. The van der Waals surface area contributed by atoms with Crippen LogP contribution in [0.1, 0.15) is 5.56 Å². The van der Waals surface area contributed by atoms with Crippen LogP contribution in [0.3, 0.4) is 0 Å². The summed E-state index contributed by atoms with van der Waals surface area (Å²) in [5.74, 6) is 4.13. The third-order valence-corrected chi connectivity index (χ3v) is 2.46. The van der Waals surface area contributed by atoms with Crippen LogP contribution in [0.15, 0.2) is 29.3 Å². The summed E-state index contributed by atoms with van der Waals surface area (Å²) in [6.45, 7) is 1.24. The largest absolute Gasteiger partial charge is 0.496 e. The molecule has 0 radical (unpaired) electrons. The molecule has 0 aliphatic carbocycles. The number of nitrogens with one attached hydrogen (secondary N) is 2. The smallest absolute Gasteiger partial charge is 0.191 e. The lowest BCUT2D eigenvalue weighted by Crippen LogP contribution is -2.38. The predicted octanol–water partition coefficient (Wildman–Crippen LogP) is 1.04. The molecule has 0 aliphatic rings. The Morgan fingerprint density at radius 2 is 2.17 bits per heavy atom. The summed E-state index contributed by atoms with van der Waals surface area (Å²) in [7, 11) is 3.40. The van der Waals surface area contributed by atoms with Crippen LogP contribution < -0.4 is 15.4 Å². The van der Waals surface area contributed by atoms with Gasteiger partial charge in [-0.2, -0.15) is 0 Å². The SMILES string of the molecule is C#CCNC(=NC)NCCc1ccccc1OC. The Balaban J connectivity index is 2.43. The van der Waals surface area contributed by atoms with Crippen LogP contribution in [-0.2, 0) is 6.42 Å². The van der Waals surface area contributed by atoms with E-state index in [9.17, 15) is 0 Å². The molecule has 0 bridgehead atoms. The Kier molecular flexibility index (Phi) is 6.20. The minimum Gasteiger partial charge on any atom is -0.496 e. The Hall–Kier alpha value is -2.15. The standard InChI is InChI=1S/C14H19N3O/c1-4-10-16-14(15-2)17-11-9-12-7-5-6-8-13(12)18-3/h1,5-8H,9-11H2,2-3H3,(H2,15,16,17). The normalized spacial score (nSPS) is 10.6. The molecule has 0 heterocycles. The average molecular weight is 245 g/mol. The van der Waals surface area contributed by atoms with E-state index in [0.717, 1.165) is 18.7 Å². The zero-order valence-corrected chi connectivity index (χ0v) is 10.9. The fraction of sp³-hybridized carbons (Fsp3) is 0.357. The molecule has 1 rings (SSSR count). The molecule has 0 amide bonds. The zero-order chi connectivity index (χ0) is 13.2. The van der Waals surface area contributed by atoms with E-state index in [-0.39, 0.29) is 0 Å². The van der Waals surface area contributed by atoms with Crippen molar-refractivity contribution in [3.05, 3.63) is 29.8 Å². The van der Waals surface area contributed by atoms with Crippen molar-refractivity contribution in [1.29, 1.82) is 0 Å². The number of nitrogens with zero attached hydrogens (tertiary/aromatic N) is 1. The van der Waals surface area contributed by atoms with Gasteiger partial charge in [-0.3, -0.25) is 4.99 Å². The highest BCUT2D eigenvalue weighted by Crippen LogP contribution is 2.16. The highest BCUT2D eigenvalue weighted by molar-refractivity contribution is 5.79. The maximum Gasteiger partial charge on any atom is 0.191 e. The quantitative estimate of drug-likeness (QED) is 0.463. The molecule has 4 nitrogen and oxygen atoms in total. The van der Waals surface area contributed by atoms with Gasteiger partial charge in [-0.05, 0) is 18.1 Å². The van der Waals surface area contributed by atoms with Gasteiger partial charge in [0.1, 0.15) is 5.75 Å². The van der Waals surface area contributed by atoms with E-state index in [0.29, 0.717) is 12.5 Å². The number of hydrogen-bond acceptors (Lipinski definition) is 2. The van der Waals surface area contributed by atoms with Gasteiger partial charge in [-0.1, -0.05) is 24.1 Å². The Labute approximate surface area is 108 Å². The fourth-order valence-corrected chi connectivity index (χ4v) is 1.58. The maximum atomic E-state index is 5.29. The first-order valence-electron chi connectivity index (χ1n) is 5.81. The van der Waals surface area contributed by atoms with Crippen LogP contribution in [0.5, 0.6) is 5.75 Å². The van der Waals surface area contributed by atoms with Crippen LogP contribution in [0.25, 0.3) is 0 Å². The summed E-state index contributed by atoms with van der Waals surface area (Å²) in [5.41, 5.74) is 1.17. The monoisotopic (exact) mass is 245 g/mol. The maximum absolute atomic E-state index is 5.29. The van der Waals surface area contributed by atoms with Gasteiger partial charge in [0, 0.05) is 13.6 Å². The molecular weight excluding hydrogens is 226 g/mol. The molecule has 18 heavy (non-hydrogen) atoms. The van der Waals surface area contributed by atoms with Gasteiger partial charge in [0.25, 0.3) is 0 Å². The summed E-state index contributed by atoms with van der Waals surface area (Å²) in [6.07, 6.45) is 6.04. The number of aliphatic imine (C=N–C) groups is 1. The van der Waals surface area contributed by atoms with E-state index in [4.69, 9.17) is 11.2 Å². The van der Waals surface area contributed by atoms with Gasteiger partial charge in [-0.25, -0.2) is 0 Å². The van der Waals surface area contributed by atoms with E-state index in [1.807, 2.05) is 18.2 Å². The number of benzene rings is 1. The molecule has 0 aromatic heterocycles. The van der Waals surface area contributed by atoms with Crippen LogP contribution >= 0.6 is 0 Å². The number of para-hydroxylation sites is 1. The first-order chi connectivity index (χ1) is 8.81. The number of ether oxygens (including phenoxy) is 1. The Bertz CT molecular complexity index is 435. The Morgan fingerprint density at radius 3 is 2.83 bits per heavy atom. The number of rotatable bonds is 5. The average Bonchev–Trinajstić information content (AvgIpc) is 2.43. The first kappa shape index (κ1) is 13.9. The van der Waals surface area contributed by atoms with E-state index in [1.165, 1.54) is 5.56 Å². The van der Waals surface area contributed by atoms with Crippen molar-refractivity contribution in [2.75, 3.05) is 27.2 Å². The summed E-state index contributed by atoms with van der Waals surface area (Å²) in [4.78, 5) is 4.07. The second kappa shape index (κ2) is 8.02. The fourth-order valence-electron chi connectivity index (χ4n) is 1.58. The molecule has 2 N–H and O–H groups in total. The van der Waals surface area contributed by atoms with Gasteiger partial charge in [0.2, 0.25) is 0 Å². The van der Waals surface area contributed by atoms with Crippen LogP contribution in [-0.4, -0.2) is 33.2 Å². The highest BCUT2D eigenvalue weighted by atomic mass is 16.5. The van der Waals surface area contributed by atoms with Crippen molar-refractivity contribution >= 4 is 5.96 Å². The number of guanidine groups is 1. The summed E-state index contributed by atoms with van der Waals surface area (Å²) >= 11 is 0. The van der Waals surface area contributed by atoms with Gasteiger partial charge in [0.05, 0.1) is 13.7 Å². The topological polar surface area (TPSA) is 45.7 Å². The summed E-state index contributed by atoms with van der Waals surface area (Å²) in [6, 6.07) is 7.98. The van der Waals surface area contributed by atoms with Crippen LogP contribution in [0, 0.1) is 12.3 Å². The minimum absolute atomic E-state index is 0.467. The van der Waals surface area contributed by atoms with Crippen LogP contribution in [0.4, 0.5) is 0 Å². The van der Waals surface area contributed by atoms with Crippen molar-refractivity contribution in [2.45, 2.75) is 6.42 Å². The number of terminal acetylenes is 1. The van der Waals surface area contributed by atoms with Crippen LogP contribution in [0.2, 0.25) is 0 Å². The summed E-state index contributed by atoms with van der Waals surface area (Å²) < 4.78 is 5.29. The van der Waals surface area contributed by atoms with Gasteiger partial charge in [-0.15, -0.1) is 6.42 Å². The second-order valence-corrected chi connectivity index (χ2v) is 3.62. The lowest BCUT2D eigenvalue weighted by molar-refractivity contribution is 0.409. The molecule has 1 aromatic carbocycles. The first-order valence-corrected chi connectivity index (χ1v) is 5.81. The zero-order valence-electron chi connectivity index (χ0n) is 10.9. The van der Waals surface area contributed by atoms with Crippen molar-refractivity contribution in [1.82, 2.24) is 10.6 Å². The van der Waals surface area contributed by atoms with Crippen molar-refractivity contribution in [3.63, 3.8) is 0 Å². The van der Waals surface area contributed by atoms with E-state index in [2.05, 4.69) is 27.6 Å². The molecular formula is C14H19N3O. The molecule has 0 spiro atoms. The van der Waals surface area contributed by atoms with Crippen molar-refractivity contribution < 1.29 is 4.74 Å². The van der Waals surface area contributed by atoms with E-state index >= 15 is 0 Å². The molecule has 0 aliphatic heterocycles. The number of methoxy groups -OCH3 is 1. The molecule has 0 atom stereocenters. The Morgan fingerprint density at radius 1 is 1.39 bits per heavy atom. The van der Waals surface area contributed by atoms with Crippen molar-refractivity contribution in [3.8, 4) is 18.1 Å². The van der Waals surface area contributed by atoms with Gasteiger partial charge in [0.15, 0.2) is 5.96 Å². The van der Waals surface area contributed by atoms with E-state index in [1.54, 1.807) is 14.2 Å². The number of hydrogen-bond donors (Lipinski definition) is 2. The molecule has 0 unspecified atom stereocenters. The third kappa shape index (κ3) is 4.38. The molecule has 1 aromatic rings. The molecule has 96 valence electrons. The highest BCUT2D eigenvalue weighted by Gasteiger charge is 2.01. The third-order valence-electron chi connectivity index (χ3n) is 2.46. The predicted molar refractivity (Wildman–Crippen MR) is 74.9 cm³/mol. The molecule has 0 saturated carbocycles. The lowest BCUT2D eigenvalue weighted by Gasteiger charge is -2.11. The molecule has 0 saturated heterocycles. The second-order valence-electron chi connectivity index (χ2n) is 3.62. The summed E-state index contributed by atoms with van der Waals surface area (Å²) in [5, 5.41) is 6.20. The molecule has 0 fully saturated rings.